The summed E-state index contributed by atoms with van der Waals surface area (Å²) in [6, 6.07) is 14.7. The molecule has 1 spiro atoms. The Morgan fingerprint density at radius 2 is 1.72 bits per heavy atom. The van der Waals surface area contributed by atoms with E-state index in [0.29, 0.717) is 17.9 Å². The molecule has 5 heteroatoms. The molecule has 0 radical (unpaired) electrons. The number of aliphatic hydroxyl groups excluding tert-OH is 2. The van der Waals surface area contributed by atoms with Crippen molar-refractivity contribution in [2.75, 3.05) is 13.2 Å². The topological polar surface area (TPSA) is 68.2 Å². The summed E-state index contributed by atoms with van der Waals surface area (Å²) in [5.41, 5.74) is 4.27. The highest BCUT2D eigenvalue weighted by Gasteiger charge is 2.61. The van der Waals surface area contributed by atoms with Crippen molar-refractivity contribution in [3.63, 3.8) is 0 Å². The van der Waals surface area contributed by atoms with Crippen LogP contribution in [0.5, 0.6) is 5.75 Å². The Balaban J connectivity index is 1.17. The summed E-state index contributed by atoms with van der Waals surface area (Å²) < 4.78 is 17.7. The van der Waals surface area contributed by atoms with E-state index in [1.54, 1.807) is 0 Å². The lowest BCUT2D eigenvalue weighted by Crippen LogP contribution is -2.51. The summed E-state index contributed by atoms with van der Waals surface area (Å²) in [6.07, 6.45) is 0.925. The highest BCUT2D eigenvalue weighted by atomic mass is 16.5. The molecule has 2 N–H and O–H groups in total. The van der Waals surface area contributed by atoms with Crippen molar-refractivity contribution in [2.45, 2.75) is 63.6 Å². The van der Waals surface area contributed by atoms with E-state index in [0.717, 1.165) is 43.8 Å². The molecule has 3 unspecified atom stereocenters. The molecule has 2 aliphatic carbocycles. The molecule has 0 aromatic heterocycles. The maximum Gasteiger partial charge on any atom is 0.119 e. The van der Waals surface area contributed by atoms with Gasteiger partial charge in [-0.05, 0) is 67.5 Å². The van der Waals surface area contributed by atoms with Gasteiger partial charge in [-0.15, -0.1) is 0 Å². The lowest BCUT2D eigenvalue weighted by atomic mass is 9.80. The van der Waals surface area contributed by atoms with Gasteiger partial charge in [-0.2, -0.15) is 0 Å². The van der Waals surface area contributed by atoms with Crippen LogP contribution in [0.4, 0.5) is 0 Å². The molecule has 6 atom stereocenters. The van der Waals surface area contributed by atoms with E-state index in [9.17, 15) is 10.2 Å². The van der Waals surface area contributed by atoms with Crippen molar-refractivity contribution in [1.82, 2.24) is 0 Å². The smallest absolute Gasteiger partial charge is 0.119 e. The Kier molecular flexibility index (Phi) is 4.88. The molecular formula is C27H32O5. The lowest BCUT2D eigenvalue weighted by molar-refractivity contribution is -0.207. The first kappa shape index (κ1) is 20.7. The molecule has 2 saturated heterocycles. The van der Waals surface area contributed by atoms with E-state index in [4.69, 9.17) is 14.2 Å². The molecule has 2 aromatic carbocycles. The van der Waals surface area contributed by atoms with E-state index < -0.39 is 23.7 Å². The number of aliphatic hydroxyl groups is 2. The minimum Gasteiger partial charge on any atom is -0.490 e. The number of hydrogen-bond donors (Lipinski definition) is 2. The molecule has 2 aromatic rings. The summed E-state index contributed by atoms with van der Waals surface area (Å²) in [5.74, 6) is 2.09. The Morgan fingerprint density at radius 1 is 1.00 bits per heavy atom. The van der Waals surface area contributed by atoms with Gasteiger partial charge < -0.3 is 24.4 Å². The fraction of sp³-hybridized carbons (Fsp3) is 0.556. The van der Waals surface area contributed by atoms with Gasteiger partial charge in [-0.3, -0.25) is 0 Å². The number of ether oxygens (including phenoxy) is 3. The van der Waals surface area contributed by atoms with Crippen molar-refractivity contribution in [2.24, 2.45) is 17.3 Å². The predicted molar refractivity (Wildman–Crippen MR) is 120 cm³/mol. The molecule has 6 rings (SSSR count). The van der Waals surface area contributed by atoms with E-state index in [2.05, 4.69) is 49.4 Å². The van der Waals surface area contributed by atoms with Gasteiger partial charge in [0.2, 0.25) is 0 Å². The number of aryl methyl sites for hydroxylation is 1. The largest absolute Gasteiger partial charge is 0.490 e. The normalized spacial score (nSPS) is 36.7. The third-order valence-electron chi connectivity index (χ3n) is 8.26. The number of hydrogen-bond acceptors (Lipinski definition) is 5. The third-order valence-corrected chi connectivity index (χ3v) is 8.26. The first-order valence-electron chi connectivity index (χ1n) is 11.9. The van der Waals surface area contributed by atoms with Gasteiger partial charge in [0.25, 0.3) is 0 Å². The van der Waals surface area contributed by atoms with Crippen molar-refractivity contribution in [3.8, 4) is 5.75 Å². The van der Waals surface area contributed by atoms with Crippen LogP contribution in [0.1, 0.15) is 48.1 Å². The van der Waals surface area contributed by atoms with Crippen molar-refractivity contribution in [1.29, 1.82) is 0 Å². The maximum absolute atomic E-state index is 11.0. The Morgan fingerprint density at radius 3 is 2.41 bits per heavy atom. The molecule has 5 nitrogen and oxygen atoms in total. The third kappa shape index (κ3) is 3.38. The average molecular weight is 437 g/mol. The number of fused-ring (bicyclic) bond motifs is 1. The summed E-state index contributed by atoms with van der Waals surface area (Å²) in [4.78, 5) is 0. The van der Waals surface area contributed by atoms with Crippen LogP contribution in [0, 0.1) is 24.2 Å². The van der Waals surface area contributed by atoms with Gasteiger partial charge in [0.15, 0.2) is 0 Å². The Hall–Kier alpha value is -1.92. The van der Waals surface area contributed by atoms with Crippen LogP contribution in [-0.4, -0.2) is 47.8 Å². The van der Waals surface area contributed by atoms with Crippen LogP contribution in [-0.2, 0) is 15.9 Å². The van der Waals surface area contributed by atoms with E-state index in [1.165, 1.54) is 16.7 Å². The Labute approximate surface area is 189 Å². The zero-order valence-corrected chi connectivity index (χ0v) is 18.7. The van der Waals surface area contributed by atoms with Crippen LogP contribution >= 0.6 is 0 Å². The molecule has 0 bridgehead atoms. The molecule has 2 aliphatic heterocycles. The molecule has 2 heterocycles. The number of rotatable bonds is 5. The summed E-state index contributed by atoms with van der Waals surface area (Å²) >= 11 is 0. The summed E-state index contributed by atoms with van der Waals surface area (Å²) in [7, 11) is 0. The highest BCUT2D eigenvalue weighted by Crippen LogP contribution is 2.59. The zero-order chi connectivity index (χ0) is 22.0. The van der Waals surface area contributed by atoms with Gasteiger partial charge in [0.1, 0.15) is 18.0 Å². The molecule has 4 fully saturated rings. The van der Waals surface area contributed by atoms with Gasteiger partial charge in [-0.1, -0.05) is 30.3 Å². The number of benzene rings is 2. The second-order valence-corrected chi connectivity index (χ2v) is 10.3. The van der Waals surface area contributed by atoms with E-state index in [-0.39, 0.29) is 6.10 Å². The SMILES string of the molecule is Cc1ccc(C2O[C@H](C)[C@@H](O)C3(CC3)[C@H]2O)cc1Cc1ccc(OC2C3COCC32)cc1. The van der Waals surface area contributed by atoms with Gasteiger partial charge in [0, 0.05) is 17.3 Å². The minimum absolute atomic E-state index is 0.277. The van der Waals surface area contributed by atoms with Crippen molar-refractivity contribution in [3.05, 3.63) is 64.7 Å². The van der Waals surface area contributed by atoms with E-state index in [1.807, 2.05) is 6.92 Å². The molecule has 170 valence electrons. The molecular weight excluding hydrogens is 404 g/mol. The average Bonchev–Trinajstić information content (AvgIpc) is 3.67. The first-order chi connectivity index (χ1) is 15.5. The van der Waals surface area contributed by atoms with Gasteiger partial charge >= 0.3 is 0 Å². The van der Waals surface area contributed by atoms with Crippen LogP contribution in [0.3, 0.4) is 0 Å². The van der Waals surface area contributed by atoms with Gasteiger partial charge in [0.05, 0.1) is 31.5 Å². The lowest BCUT2D eigenvalue weighted by Gasteiger charge is -2.43. The van der Waals surface area contributed by atoms with Crippen molar-refractivity contribution >= 4 is 0 Å². The summed E-state index contributed by atoms with van der Waals surface area (Å²) in [5, 5.41) is 21.5. The second-order valence-electron chi connectivity index (χ2n) is 10.3. The highest BCUT2D eigenvalue weighted by molar-refractivity contribution is 5.39. The summed E-state index contributed by atoms with van der Waals surface area (Å²) in [6.45, 7) is 5.70. The second kappa shape index (κ2) is 7.56. The van der Waals surface area contributed by atoms with Crippen LogP contribution in [0.25, 0.3) is 0 Å². The molecule has 0 amide bonds. The predicted octanol–water partition coefficient (Wildman–Crippen LogP) is 3.57. The van der Waals surface area contributed by atoms with Crippen LogP contribution < -0.4 is 4.74 Å². The Bertz CT molecular complexity index is 988. The quantitative estimate of drug-likeness (QED) is 0.750. The molecule has 32 heavy (non-hydrogen) atoms. The zero-order valence-electron chi connectivity index (χ0n) is 18.7. The van der Waals surface area contributed by atoms with Crippen molar-refractivity contribution < 1.29 is 24.4 Å². The minimum atomic E-state index is -0.673. The fourth-order valence-electron chi connectivity index (χ4n) is 5.80. The standard InChI is InChI=1S/C27H32O5/c1-15-3-6-18(23-26(29)27(9-10-27)25(28)16(2)31-23)12-19(15)11-17-4-7-20(8-5-17)32-24-21-13-30-14-22(21)24/h3-8,12,16,21-26,28-29H,9-11,13-14H2,1-2H3/t16-,21?,22?,23?,24?,25-,26+/m1/s1. The molecule has 2 saturated carbocycles. The molecule has 4 aliphatic rings. The monoisotopic (exact) mass is 436 g/mol. The fourth-order valence-corrected chi connectivity index (χ4v) is 5.80. The maximum atomic E-state index is 11.0. The van der Waals surface area contributed by atoms with Crippen LogP contribution in [0.2, 0.25) is 0 Å². The van der Waals surface area contributed by atoms with E-state index >= 15 is 0 Å². The van der Waals surface area contributed by atoms with Crippen LogP contribution in [0.15, 0.2) is 42.5 Å². The van der Waals surface area contributed by atoms with Gasteiger partial charge in [-0.25, -0.2) is 0 Å². The first-order valence-corrected chi connectivity index (χ1v) is 11.9.